The number of unbranched alkanes of at least 4 members (excludes halogenated alkanes) is 2. The van der Waals surface area contributed by atoms with Gasteiger partial charge in [0, 0.05) is 0 Å². The highest BCUT2D eigenvalue weighted by molar-refractivity contribution is 5.94. The molecule has 0 saturated heterocycles. The number of carbonyl (C=O) groups is 2. The summed E-state index contributed by atoms with van der Waals surface area (Å²) < 4.78 is 6.12. The van der Waals surface area contributed by atoms with Crippen LogP contribution in [0, 0.1) is 0 Å². The number of carboxylic acid groups (broad SMARTS) is 1. The van der Waals surface area contributed by atoms with E-state index in [2.05, 4.69) is 13.8 Å². The van der Waals surface area contributed by atoms with Crippen molar-refractivity contribution in [3.63, 3.8) is 0 Å². The smallest absolute Gasteiger partial charge is 0.339 e. The molecule has 0 unspecified atom stereocenters. The minimum atomic E-state index is -1.06. The van der Waals surface area contributed by atoms with Gasteiger partial charge in [-0.15, -0.1) is 0 Å². The van der Waals surface area contributed by atoms with Crippen LogP contribution >= 0.6 is 0 Å². The van der Waals surface area contributed by atoms with Crippen molar-refractivity contribution in [2.45, 2.75) is 58.0 Å². The molecule has 0 fully saturated rings. The Morgan fingerprint density at radius 3 is 2.04 bits per heavy atom. The highest BCUT2D eigenvalue weighted by atomic mass is 16.6. The molecule has 27 heavy (non-hydrogen) atoms. The number of carboxylic acids is 1. The van der Waals surface area contributed by atoms with E-state index >= 15 is 0 Å². The van der Waals surface area contributed by atoms with Gasteiger partial charge in [0.1, 0.15) is 5.60 Å². The largest absolute Gasteiger partial charge is 0.478 e. The number of aromatic carboxylic acids is 1. The molecule has 4 nitrogen and oxygen atoms in total. The van der Waals surface area contributed by atoms with Gasteiger partial charge >= 0.3 is 11.9 Å². The van der Waals surface area contributed by atoms with Gasteiger partial charge in [-0.2, -0.15) is 0 Å². The van der Waals surface area contributed by atoms with E-state index in [1.165, 1.54) is 12.1 Å². The molecule has 0 radical (unpaired) electrons. The Balaban J connectivity index is 2.38. The number of benzene rings is 2. The van der Waals surface area contributed by atoms with Gasteiger partial charge in [0.25, 0.3) is 0 Å². The average molecular weight is 368 g/mol. The predicted octanol–water partition coefficient (Wildman–Crippen LogP) is 5.82. The molecule has 2 aromatic rings. The molecule has 0 aliphatic carbocycles. The van der Waals surface area contributed by atoms with Crippen LogP contribution in [0.5, 0.6) is 0 Å². The minimum Gasteiger partial charge on any atom is -0.478 e. The maximum Gasteiger partial charge on any atom is 0.339 e. The Hall–Kier alpha value is -2.62. The Morgan fingerprint density at radius 1 is 0.889 bits per heavy atom. The van der Waals surface area contributed by atoms with Crippen LogP contribution in [0.4, 0.5) is 0 Å². The molecule has 0 aliphatic rings. The standard InChI is InChI=1S/C23H28O4/c1-3-5-15-23(16-6-4-2,20-13-8-7-9-14-20)27-22(26)19-12-10-11-18(17-19)21(24)25/h7-14,17H,3-6,15-16H2,1-2H3,(H,24,25). The van der Waals surface area contributed by atoms with Gasteiger partial charge in [-0.05, 0) is 49.4 Å². The fraction of sp³-hybridized carbons (Fsp3) is 0.391. The zero-order chi connectivity index (χ0) is 19.7. The summed E-state index contributed by atoms with van der Waals surface area (Å²) >= 11 is 0. The lowest BCUT2D eigenvalue weighted by atomic mass is 9.83. The van der Waals surface area contributed by atoms with Crippen molar-refractivity contribution in [2.75, 3.05) is 0 Å². The van der Waals surface area contributed by atoms with Crippen molar-refractivity contribution in [3.8, 4) is 0 Å². The molecule has 144 valence electrons. The molecule has 0 bridgehead atoms. The molecule has 0 aliphatic heterocycles. The monoisotopic (exact) mass is 368 g/mol. The second-order valence-corrected chi connectivity index (χ2v) is 6.84. The van der Waals surface area contributed by atoms with Gasteiger partial charge in [-0.25, -0.2) is 9.59 Å². The SMILES string of the molecule is CCCCC(CCCC)(OC(=O)c1cccc(C(=O)O)c1)c1ccccc1. The zero-order valence-corrected chi connectivity index (χ0v) is 16.1. The van der Waals surface area contributed by atoms with Crippen LogP contribution in [0.25, 0.3) is 0 Å². The van der Waals surface area contributed by atoms with Gasteiger partial charge in [0.2, 0.25) is 0 Å². The van der Waals surface area contributed by atoms with Crippen molar-refractivity contribution in [1.82, 2.24) is 0 Å². The highest BCUT2D eigenvalue weighted by Gasteiger charge is 2.35. The fourth-order valence-corrected chi connectivity index (χ4v) is 3.26. The first-order chi connectivity index (χ1) is 13.0. The van der Waals surface area contributed by atoms with Crippen molar-refractivity contribution >= 4 is 11.9 Å². The van der Waals surface area contributed by atoms with Crippen LogP contribution in [0.1, 0.15) is 78.7 Å². The average Bonchev–Trinajstić information content (AvgIpc) is 2.70. The van der Waals surface area contributed by atoms with E-state index in [9.17, 15) is 14.7 Å². The predicted molar refractivity (Wildman–Crippen MR) is 106 cm³/mol. The highest BCUT2D eigenvalue weighted by Crippen LogP contribution is 2.37. The summed E-state index contributed by atoms with van der Waals surface area (Å²) in [5.41, 5.74) is 0.651. The number of esters is 1. The number of rotatable bonds is 10. The Bertz CT molecular complexity index is 744. The quantitative estimate of drug-likeness (QED) is 0.537. The van der Waals surface area contributed by atoms with Crippen LogP contribution in [0.3, 0.4) is 0 Å². The number of hydrogen-bond acceptors (Lipinski definition) is 3. The molecule has 1 N–H and O–H groups in total. The number of carbonyl (C=O) groups excluding carboxylic acids is 1. The van der Waals surface area contributed by atoms with Gasteiger partial charge in [-0.1, -0.05) is 63.1 Å². The van der Waals surface area contributed by atoms with Crippen LogP contribution in [-0.2, 0) is 10.3 Å². The van der Waals surface area contributed by atoms with E-state index in [0.29, 0.717) is 0 Å². The third kappa shape index (κ3) is 5.43. The van der Waals surface area contributed by atoms with Crippen LogP contribution in [-0.4, -0.2) is 17.0 Å². The van der Waals surface area contributed by atoms with Crippen LogP contribution < -0.4 is 0 Å². The lowest BCUT2D eigenvalue weighted by molar-refractivity contribution is -0.0335. The van der Waals surface area contributed by atoms with E-state index in [4.69, 9.17) is 4.74 Å². The maximum atomic E-state index is 12.9. The van der Waals surface area contributed by atoms with E-state index in [1.54, 1.807) is 12.1 Å². The first kappa shape index (κ1) is 20.7. The van der Waals surface area contributed by atoms with E-state index < -0.39 is 17.5 Å². The molecular weight excluding hydrogens is 340 g/mol. The van der Waals surface area contributed by atoms with Gasteiger partial charge in [0.05, 0.1) is 11.1 Å². The maximum absolute atomic E-state index is 12.9. The van der Waals surface area contributed by atoms with Gasteiger partial charge < -0.3 is 9.84 Å². The lowest BCUT2D eigenvalue weighted by Gasteiger charge is -2.34. The molecule has 0 heterocycles. The summed E-state index contributed by atoms with van der Waals surface area (Å²) in [5, 5.41) is 9.18. The molecule has 0 atom stereocenters. The molecule has 0 spiro atoms. The lowest BCUT2D eigenvalue weighted by Crippen LogP contribution is -2.33. The summed E-state index contributed by atoms with van der Waals surface area (Å²) in [6.45, 7) is 4.24. The summed E-state index contributed by atoms with van der Waals surface area (Å²) in [6.07, 6.45) is 5.40. The number of ether oxygens (including phenoxy) is 1. The first-order valence-corrected chi connectivity index (χ1v) is 9.64. The van der Waals surface area contributed by atoms with Crippen molar-refractivity contribution < 1.29 is 19.4 Å². The van der Waals surface area contributed by atoms with E-state index in [1.807, 2.05) is 30.3 Å². The van der Waals surface area contributed by atoms with Crippen LogP contribution in [0.2, 0.25) is 0 Å². The molecule has 4 heteroatoms. The topological polar surface area (TPSA) is 63.6 Å². The minimum absolute atomic E-state index is 0.0804. The normalized spacial score (nSPS) is 11.2. The molecular formula is C23H28O4. The second kappa shape index (κ2) is 9.91. The summed E-state index contributed by atoms with van der Waals surface area (Å²) in [7, 11) is 0. The molecule has 0 saturated carbocycles. The summed E-state index contributed by atoms with van der Waals surface area (Å²) in [6, 6.07) is 15.9. The summed E-state index contributed by atoms with van der Waals surface area (Å²) in [4.78, 5) is 24.1. The Kier molecular flexibility index (Phi) is 7.59. The third-order valence-corrected chi connectivity index (χ3v) is 4.80. The summed E-state index contributed by atoms with van der Waals surface area (Å²) in [5.74, 6) is -1.54. The third-order valence-electron chi connectivity index (χ3n) is 4.80. The van der Waals surface area contributed by atoms with Gasteiger partial charge in [-0.3, -0.25) is 0 Å². The fourth-order valence-electron chi connectivity index (χ4n) is 3.26. The van der Waals surface area contributed by atoms with E-state index in [0.717, 1.165) is 44.1 Å². The molecule has 0 aromatic heterocycles. The van der Waals surface area contributed by atoms with Crippen LogP contribution in [0.15, 0.2) is 54.6 Å². The zero-order valence-electron chi connectivity index (χ0n) is 16.1. The van der Waals surface area contributed by atoms with Crippen molar-refractivity contribution in [1.29, 1.82) is 0 Å². The van der Waals surface area contributed by atoms with Gasteiger partial charge in [0.15, 0.2) is 0 Å². The number of hydrogen-bond donors (Lipinski definition) is 1. The Morgan fingerprint density at radius 2 is 1.48 bits per heavy atom. The van der Waals surface area contributed by atoms with Crippen molar-refractivity contribution in [2.24, 2.45) is 0 Å². The van der Waals surface area contributed by atoms with Crippen molar-refractivity contribution in [3.05, 3.63) is 71.3 Å². The van der Waals surface area contributed by atoms with E-state index in [-0.39, 0.29) is 11.1 Å². The molecule has 0 amide bonds. The molecule has 2 aromatic carbocycles. The molecule has 2 rings (SSSR count). The Labute approximate surface area is 161 Å². The first-order valence-electron chi connectivity index (χ1n) is 9.64. The second-order valence-electron chi connectivity index (χ2n) is 6.84.